The van der Waals surface area contributed by atoms with Gasteiger partial charge in [0.15, 0.2) is 0 Å². The molecule has 0 radical (unpaired) electrons. The summed E-state index contributed by atoms with van der Waals surface area (Å²) < 4.78 is 2.15. The van der Waals surface area contributed by atoms with Crippen LogP contribution in [0, 0.1) is 6.92 Å². The van der Waals surface area contributed by atoms with Crippen LogP contribution in [0.3, 0.4) is 0 Å². The molecule has 0 aliphatic carbocycles. The number of fused-ring (bicyclic) bond motifs is 1. The second kappa shape index (κ2) is 6.15. The zero-order chi connectivity index (χ0) is 16.4. The van der Waals surface area contributed by atoms with Gasteiger partial charge >= 0.3 is 0 Å². The Morgan fingerprint density at radius 3 is 2.65 bits per heavy atom. The van der Waals surface area contributed by atoms with Gasteiger partial charge in [0.25, 0.3) is 0 Å². The smallest absolute Gasteiger partial charge is 0.114 e. The van der Waals surface area contributed by atoms with Crippen molar-refractivity contribution in [1.29, 1.82) is 0 Å². The average molecular weight is 305 g/mol. The van der Waals surface area contributed by atoms with Gasteiger partial charge in [0.2, 0.25) is 0 Å². The molecule has 0 aliphatic heterocycles. The van der Waals surface area contributed by atoms with Crippen LogP contribution in [0.1, 0.15) is 30.8 Å². The van der Waals surface area contributed by atoms with Crippen LogP contribution < -0.4 is 0 Å². The van der Waals surface area contributed by atoms with Crippen molar-refractivity contribution in [3.05, 3.63) is 63.8 Å². The Hall–Kier alpha value is -2.78. The van der Waals surface area contributed by atoms with Crippen molar-refractivity contribution in [2.24, 2.45) is 5.11 Å². The maximum absolute atomic E-state index is 8.81. The molecule has 0 aliphatic rings. The summed E-state index contributed by atoms with van der Waals surface area (Å²) in [4.78, 5) is 7.68. The van der Waals surface area contributed by atoms with E-state index in [1.54, 1.807) is 0 Å². The molecular weight excluding hydrogens is 286 g/mol. The number of imidazole rings is 1. The summed E-state index contributed by atoms with van der Waals surface area (Å²) in [6.45, 7) is 6.23. The highest BCUT2D eigenvalue weighted by Gasteiger charge is 2.12. The first kappa shape index (κ1) is 15.1. The maximum atomic E-state index is 8.81. The minimum atomic E-state index is 0.684. The van der Waals surface area contributed by atoms with Crippen molar-refractivity contribution < 1.29 is 0 Å². The van der Waals surface area contributed by atoms with Crippen molar-refractivity contribution in [1.82, 2.24) is 9.55 Å². The third-order valence-corrected chi connectivity index (χ3v) is 4.06. The fourth-order valence-corrected chi connectivity index (χ4v) is 2.89. The van der Waals surface area contributed by atoms with E-state index in [9.17, 15) is 0 Å². The Bertz CT molecular complexity index is 917. The third-order valence-electron chi connectivity index (χ3n) is 4.06. The zero-order valence-electron chi connectivity index (χ0n) is 13.6. The molecule has 0 amide bonds. The number of nitrogens with zero attached hydrogens (tertiary/aromatic N) is 5. The molecule has 5 nitrogen and oxygen atoms in total. The molecule has 1 aromatic heterocycles. The molecule has 0 saturated heterocycles. The molecule has 0 atom stereocenters. The lowest BCUT2D eigenvalue weighted by atomic mass is 10.1. The fourth-order valence-electron chi connectivity index (χ4n) is 2.89. The molecule has 0 spiro atoms. The summed E-state index contributed by atoms with van der Waals surface area (Å²) in [5.41, 5.74) is 14.8. The summed E-state index contributed by atoms with van der Waals surface area (Å²) in [6.07, 6.45) is 1.67. The summed E-state index contributed by atoms with van der Waals surface area (Å²) in [7, 11) is 0. The maximum Gasteiger partial charge on any atom is 0.114 e. The van der Waals surface area contributed by atoms with Crippen molar-refractivity contribution in [3.63, 3.8) is 0 Å². The van der Waals surface area contributed by atoms with Crippen LogP contribution in [0.4, 0.5) is 5.69 Å². The molecule has 0 bridgehead atoms. The molecule has 1 heterocycles. The summed E-state index contributed by atoms with van der Waals surface area (Å²) in [5, 5.41) is 3.85. The van der Waals surface area contributed by atoms with E-state index in [4.69, 9.17) is 10.5 Å². The Morgan fingerprint density at radius 2 is 1.96 bits per heavy atom. The van der Waals surface area contributed by atoms with Crippen LogP contribution >= 0.6 is 0 Å². The van der Waals surface area contributed by atoms with Crippen LogP contribution in [-0.4, -0.2) is 9.55 Å². The monoisotopic (exact) mass is 305 g/mol. The van der Waals surface area contributed by atoms with Crippen molar-refractivity contribution in [2.75, 3.05) is 0 Å². The standard InChI is InChI=1S/C18H19N5/c1-4-13-7-8-14(11-16(13)21-22-19)23-17-10-12(3)6-9-15(17)20-18(23)5-2/h6-11H,4-5H2,1-3H3. The summed E-state index contributed by atoms with van der Waals surface area (Å²) >= 11 is 0. The number of aromatic nitrogens is 2. The molecule has 0 N–H and O–H groups in total. The van der Waals surface area contributed by atoms with Crippen LogP contribution in [-0.2, 0) is 12.8 Å². The van der Waals surface area contributed by atoms with Gasteiger partial charge in [0.05, 0.1) is 11.0 Å². The van der Waals surface area contributed by atoms with Gasteiger partial charge in [-0.2, -0.15) is 0 Å². The van der Waals surface area contributed by atoms with E-state index < -0.39 is 0 Å². The second-order valence-electron chi connectivity index (χ2n) is 5.57. The van der Waals surface area contributed by atoms with Crippen LogP contribution in [0.5, 0.6) is 0 Å². The highest BCUT2D eigenvalue weighted by Crippen LogP contribution is 2.28. The lowest BCUT2D eigenvalue weighted by molar-refractivity contribution is 0.907. The highest BCUT2D eigenvalue weighted by molar-refractivity contribution is 5.79. The van der Waals surface area contributed by atoms with E-state index in [0.717, 1.165) is 41.0 Å². The van der Waals surface area contributed by atoms with Gasteiger partial charge in [-0.1, -0.05) is 31.1 Å². The van der Waals surface area contributed by atoms with E-state index in [0.29, 0.717) is 5.69 Å². The van der Waals surface area contributed by atoms with E-state index in [2.05, 4.69) is 59.6 Å². The van der Waals surface area contributed by atoms with Crippen molar-refractivity contribution in [2.45, 2.75) is 33.6 Å². The predicted molar refractivity (Wildman–Crippen MR) is 93.4 cm³/mol. The Labute approximate surface area is 135 Å². The first-order valence-electron chi connectivity index (χ1n) is 7.84. The molecule has 3 aromatic rings. The van der Waals surface area contributed by atoms with Gasteiger partial charge in [0.1, 0.15) is 5.82 Å². The van der Waals surface area contributed by atoms with E-state index in [1.165, 1.54) is 5.56 Å². The first-order valence-corrected chi connectivity index (χ1v) is 7.84. The summed E-state index contributed by atoms with van der Waals surface area (Å²) in [5.74, 6) is 1.00. The van der Waals surface area contributed by atoms with Crippen molar-refractivity contribution in [3.8, 4) is 5.69 Å². The number of azide groups is 1. The average Bonchev–Trinajstić information content (AvgIpc) is 2.92. The topological polar surface area (TPSA) is 66.6 Å². The number of benzene rings is 2. The SMILES string of the molecule is CCc1ccc(-n2c(CC)nc3ccc(C)cc32)cc1N=[N+]=[N-]. The van der Waals surface area contributed by atoms with Gasteiger partial charge in [-0.05, 0) is 54.3 Å². The summed E-state index contributed by atoms with van der Waals surface area (Å²) in [6, 6.07) is 12.3. The molecule has 5 heteroatoms. The Balaban J connectivity index is 2.29. The number of hydrogen-bond acceptors (Lipinski definition) is 2. The number of hydrogen-bond donors (Lipinski definition) is 0. The fraction of sp³-hybridized carbons (Fsp3) is 0.278. The molecule has 0 fully saturated rings. The predicted octanol–water partition coefficient (Wildman–Crippen LogP) is 5.40. The number of aryl methyl sites for hydroxylation is 3. The Kier molecular flexibility index (Phi) is 4.04. The number of rotatable bonds is 4. The third kappa shape index (κ3) is 2.67. The normalized spacial score (nSPS) is 10.7. The van der Waals surface area contributed by atoms with E-state index in [1.807, 2.05) is 12.1 Å². The first-order chi connectivity index (χ1) is 11.2. The minimum Gasteiger partial charge on any atom is -0.296 e. The molecule has 116 valence electrons. The molecular formula is C18H19N5. The lowest BCUT2D eigenvalue weighted by Crippen LogP contribution is -2.00. The zero-order valence-corrected chi connectivity index (χ0v) is 13.6. The molecule has 0 unspecified atom stereocenters. The van der Waals surface area contributed by atoms with Crippen LogP contribution in [0.15, 0.2) is 41.5 Å². The van der Waals surface area contributed by atoms with Gasteiger partial charge in [-0.3, -0.25) is 4.57 Å². The quantitative estimate of drug-likeness (QED) is 0.361. The van der Waals surface area contributed by atoms with Gasteiger partial charge < -0.3 is 0 Å². The van der Waals surface area contributed by atoms with Crippen molar-refractivity contribution >= 4 is 16.7 Å². The van der Waals surface area contributed by atoms with Gasteiger partial charge in [-0.25, -0.2) is 4.98 Å². The lowest BCUT2D eigenvalue weighted by Gasteiger charge is -2.11. The molecule has 2 aromatic carbocycles. The second-order valence-corrected chi connectivity index (χ2v) is 5.57. The van der Waals surface area contributed by atoms with Crippen LogP contribution in [0.2, 0.25) is 0 Å². The van der Waals surface area contributed by atoms with E-state index in [-0.39, 0.29) is 0 Å². The van der Waals surface area contributed by atoms with Gasteiger partial charge in [0, 0.05) is 22.7 Å². The largest absolute Gasteiger partial charge is 0.296 e. The molecule has 0 saturated carbocycles. The molecule has 3 rings (SSSR count). The molecule has 23 heavy (non-hydrogen) atoms. The van der Waals surface area contributed by atoms with Crippen LogP contribution in [0.25, 0.3) is 27.2 Å². The highest BCUT2D eigenvalue weighted by atomic mass is 15.1. The Morgan fingerprint density at radius 1 is 1.13 bits per heavy atom. The van der Waals surface area contributed by atoms with Gasteiger partial charge in [-0.15, -0.1) is 0 Å². The minimum absolute atomic E-state index is 0.684. The van der Waals surface area contributed by atoms with E-state index >= 15 is 0 Å².